The van der Waals surface area contributed by atoms with Crippen molar-refractivity contribution in [3.8, 4) is 0 Å². The standard InChI is InChI=1S/C25H27ClN2O3S2/c1-19(2)20-8-12-22(13-9-20)28(33(30,31)24-6-4-3-5-7-24)18-25(29)27-16-17-32-23-14-10-21(26)11-15-23/h3-15,19H,16-18H2,1-2H3,(H,27,29). The lowest BCUT2D eigenvalue weighted by molar-refractivity contribution is -0.119. The van der Waals surface area contributed by atoms with Crippen LogP contribution in [0.4, 0.5) is 5.69 Å². The lowest BCUT2D eigenvalue weighted by Crippen LogP contribution is -2.41. The number of halogens is 1. The van der Waals surface area contributed by atoms with Crippen molar-refractivity contribution in [2.75, 3.05) is 23.1 Å². The second-order valence-electron chi connectivity index (χ2n) is 7.72. The summed E-state index contributed by atoms with van der Waals surface area (Å²) in [6.45, 7) is 4.26. The van der Waals surface area contributed by atoms with E-state index in [1.54, 1.807) is 42.1 Å². The number of nitrogens with one attached hydrogen (secondary N) is 1. The van der Waals surface area contributed by atoms with Gasteiger partial charge in [-0.2, -0.15) is 0 Å². The average Bonchev–Trinajstić information content (AvgIpc) is 2.82. The normalized spacial score (nSPS) is 11.4. The molecule has 3 aromatic carbocycles. The van der Waals surface area contributed by atoms with Crippen LogP contribution in [0.2, 0.25) is 5.02 Å². The molecule has 174 valence electrons. The van der Waals surface area contributed by atoms with E-state index in [0.717, 1.165) is 14.8 Å². The van der Waals surface area contributed by atoms with Crippen LogP contribution < -0.4 is 9.62 Å². The maximum Gasteiger partial charge on any atom is 0.264 e. The third kappa shape index (κ3) is 7.00. The van der Waals surface area contributed by atoms with Gasteiger partial charge in [-0.25, -0.2) is 8.42 Å². The Balaban J connectivity index is 1.71. The monoisotopic (exact) mass is 502 g/mol. The van der Waals surface area contributed by atoms with Gasteiger partial charge in [0.15, 0.2) is 0 Å². The molecule has 33 heavy (non-hydrogen) atoms. The number of amides is 1. The van der Waals surface area contributed by atoms with E-state index in [0.29, 0.717) is 28.9 Å². The Kier molecular flexibility index (Phi) is 8.83. The van der Waals surface area contributed by atoms with Crippen LogP contribution in [0, 0.1) is 0 Å². The first-order valence-corrected chi connectivity index (χ1v) is 13.4. The fourth-order valence-corrected chi connectivity index (χ4v) is 5.47. The summed E-state index contributed by atoms with van der Waals surface area (Å²) < 4.78 is 27.9. The zero-order valence-electron chi connectivity index (χ0n) is 18.6. The van der Waals surface area contributed by atoms with E-state index in [-0.39, 0.29) is 17.3 Å². The number of hydrogen-bond acceptors (Lipinski definition) is 4. The van der Waals surface area contributed by atoms with E-state index in [4.69, 9.17) is 11.6 Å². The number of thioether (sulfide) groups is 1. The van der Waals surface area contributed by atoms with E-state index in [1.165, 1.54) is 12.1 Å². The first-order chi connectivity index (χ1) is 15.8. The van der Waals surface area contributed by atoms with Crippen LogP contribution in [0.5, 0.6) is 0 Å². The minimum absolute atomic E-state index is 0.143. The van der Waals surface area contributed by atoms with Crippen LogP contribution in [-0.2, 0) is 14.8 Å². The van der Waals surface area contributed by atoms with E-state index in [1.807, 2.05) is 36.4 Å². The molecule has 3 rings (SSSR count). The van der Waals surface area contributed by atoms with E-state index in [9.17, 15) is 13.2 Å². The number of sulfonamides is 1. The van der Waals surface area contributed by atoms with Crippen LogP contribution in [0.1, 0.15) is 25.3 Å². The Hall–Kier alpha value is -2.48. The molecule has 5 nitrogen and oxygen atoms in total. The van der Waals surface area contributed by atoms with Crippen molar-refractivity contribution in [2.45, 2.75) is 29.6 Å². The second-order valence-corrected chi connectivity index (χ2v) is 11.2. The highest BCUT2D eigenvalue weighted by atomic mass is 35.5. The van der Waals surface area contributed by atoms with Crippen molar-refractivity contribution in [3.05, 3.63) is 89.4 Å². The predicted molar refractivity (Wildman–Crippen MR) is 137 cm³/mol. The van der Waals surface area contributed by atoms with E-state index in [2.05, 4.69) is 19.2 Å². The molecule has 1 amide bonds. The van der Waals surface area contributed by atoms with Gasteiger partial charge in [0.25, 0.3) is 10.0 Å². The summed E-state index contributed by atoms with van der Waals surface area (Å²) in [6, 6.07) is 22.9. The Morgan fingerprint density at radius 1 is 0.970 bits per heavy atom. The molecule has 3 aromatic rings. The molecule has 0 aromatic heterocycles. The minimum Gasteiger partial charge on any atom is -0.354 e. The van der Waals surface area contributed by atoms with Gasteiger partial charge in [-0.3, -0.25) is 9.10 Å². The molecule has 8 heteroatoms. The van der Waals surface area contributed by atoms with Crippen LogP contribution in [0.15, 0.2) is 88.7 Å². The zero-order valence-corrected chi connectivity index (χ0v) is 21.0. The molecule has 0 aliphatic rings. The van der Waals surface area contributed by atoms with Crippen LogP contribution in [0.3, 0.4) is 0 Å². The quantitative estimate of drug-likeness (QED) is 0.291. The van der Waals surface area contributed by atoms with Gasteiger partial charge in [0, 0.05) is 22.2 Å². The summed E-state index contributed by atoms with van der Waals surface area (Å²) in [6.07, 6.45) is 0. The highest BCUT2D eigenvalue weighted by Gasteiger charge is 2.27. The van der Waals surface area contributed by atoms with Crippen molar-refractivity contribution in [3.63, 3.8) is 0 Å². The third-order valence-corrected chi connectivity index (χ3v) is 8.03. The number of anilines is 1. The molecular formula is C25H27ClN2O3S2. The predicted octanol–water partition coefficient (Wildman–Crippen LogP) is 5.57. The first-order valence-electron chi connectivity index (χ1n) is 10.6. The summed E-state index contributed by atoms with van der Waals surface area (Å²) in [5, 5.41) is 3.50. The smallest absolute Gasteiger partial charge is 0.264 e. The number of nitrogens with zero attached hydrogens (tertiary/aromatic N) is 1. The van der Waals surface area contributed by atoms with Crippen molar-refractivity contribution in [2.24, 2.45) is 0 Å². The average molecular weight is 503 g/mol. The summed E-state index contributed by atoms with van der Waals surface area (Å²) in [5.41, 5.74) is 1.55. The summed E-state index contributed by atoms with van der Waals surface area (Å²) in [7, 11) is -3.91. The van der Waals surface area contributed by atoms with Gasteiger partial charge in [-0.15, -0.1) is 11.8 Å². The highest BCUT2D eigenvalue weighted by molar-refractivity contribution is 7.99. The van der Waals surface area contributed by atoms with Gasteiger partial charge in [0.1, 0.15) is 6.54 Å². The molecule has 0 heterocycles. The molecule has 0 saturated heterocycles. The molecule has 0 aliphatic heterocycles. The topological polar surface area (TPSA) is 66.5 Å². The molecule has 0 atom stereocenters. The van der Waals surface area contributed by atoms with E-state index < -0.39 is 10.0 Å². The largest absolute Gasteiger partial charge is 0.354 e. The van der Waals surface area contributed by atoms with Gasteiger partial charge >= 0.3 is 0 Å². The lowest BCUT2D eigenvalue weighted by atomic mass is 10.0. The van der Waals surface area contributed by atoms with Gasteiger partial charge in [0.2, 0.25) is 5.91 Å². The van der Waals surface area contributed by atoms with Crippen LogP contribution >= 0.6 is 23.4 Å². The number of hydrogen-bond donors (Lipinski definition) is 1. The number of carbonyl (C=O) groups excluding carboxylic acids is 1. The molecule has 0 fully saturated rings. The molecule has 0 saturated carbocycles. The SMILES string of the molecule is CC(C)c1ccc(N(CC(=O)NCCSc2ccc(Cl)cc2)S(=O)(=O)c2ccccc2)cc1. The van der Waals surface area contributed by atoms with Gasteiger partial charge in [-0.1, -0.05) is 55.8 Å². The fourth-order valence-electron chi connectivity index (χ4n) is 3.14. The van der Waals surface area contributed by atoms with Crippen molar-refractivity contribution < 1.29 is 13.2 Å². The lowest BCUT2D eigenvalue weighted by Gasteiger charge is -2.24. The fraction of sp³-hybridized carbons (Fsp3) is 0.240. The zero-order chi connectivity index (χ0) is 23.8. The first kappa shape index (κ1) is 25.1. The second kappa shape index (κ2) is 11.6. The van der Waals surface area contributed by atoms with E-state index >= 15 is 0 Å². The Bertz CT molecular complexity index is 1150. The van der Waals surface area contributed by atoms with Gasteiger partial charge in [0.05, 0.1) is 10.6 Å². The molecule has 0 spiro atoms. The van der Waals surface area contributed by atoms with Crippen molar-refractivity contribution >= 4 is 45.0 Å². The van der Waals surface area contributed by atoms with Crippen molar-refractivity contribution in [1.29, 1.82) is 0 Å². The summed E-state index contributed by atoms with van der Waals surface area (Å²) >= 11 is 7.49. The maximum atomic E-state index is 13.4. The molecule has 0 radical (unpaired) electrons. The Morgan fingerprint density at radius 3 is 2.21 bits per heavy atom. The molecular weight excluding hydrogens is 476 g/mol. The summed E-state index contributed by atoms with van der Waals surface area (Å²) in [4.78, 5) is 13.9. The van der Waals surface area contributed by atoms with Gasteiger partial charge < -0.3 is 5.32 Å². The molecule has 0 unspecified atom stereocenters. The minimum atomic E-state index is -3.91. The van der Waals surface area contributed by atoms with Crippen LogP contribution in [-0.4, -0.2) is 33.2 Å². The maximum absolute atomic E-state index is 13.4. The number of benzene rings is 3. The number of carbonyl (C=O) groups is 1. The molecule has 0 aliphatic carbocycles. The summed E-state index contributed by atoms with van der Waals surface area (Å²) in [5.74, 6) is 0.612. The van der Waals surface area contributed by atoms with Crippen LogP contribution in [0.25, 0.3) is 0 Å². The molecule has 1 N–H and O–H groups in total. The Morgan fingerprint density at radius 2 is 1.61 bits per heavy atom. The van der Waals surface area contributed by atoms with Gasteiger partial charge in [-0.05, 0) is 60.0 Å². The molecule has 0 bridgehead atoms. The third-order valence-electron chi connectivity index (χ3n) is 4.97. The number of rotatable bonds is 10. The Labute approximate surface area is 205 Å². The highest BCUT2D eigenvalue weighted by Crippen LogP contribution is 2.26. The van der Waals surface area contributed by atoms with Crippen molar-refractivity contribution in [1.82, 2.24) is 5.32 Å².